The molecule has 0 saturated heterocycles. The number of rotatable bonds is 15. The molecule has 0 bridgehead atoms. The highest BCUT2D eigenvalue weighted by atomic mass is 16.5. The molecule has 0 radical (unpaired) electrons. The second-order valence-electron chi connectivity index (χ2n) is 8.99. The molecule has 0 fully saturated rings. The Kier molecular flexibility index (Phi) is 11.1. The third kappa shape index (κ3) is 11.7. The minimum absolute atomic E-state index is 0.0498. The molecule has 26 heavy (non-hydrogen) atoms. The summed E-state index contributed by atoms with van der Waals surface area (Å²) < 4.78 is 11.6. The summed E-state index contributed by atoms with van der Waals surface area (Å²) in [7, 11) is 0. The molecule has 0 unspecified atom stereocenters. The maximum absolute atomic E-state index is 9.23. The van der Waals surface area contributed by atoms with Crippen LogP contribution in [-0.4, -0.2) is 31.5 Å². The standard InChI is InChI=1S/C23H40O3/c1-22(2,19-24)14-8-10-16-25-17-11-9-15-23(3,4)20-26-18-21-12-6-5-7-13-21/h5-7,12-13,24H,8-11,14-20H2,1-4H3. The van der Waals surface area contributed by atoms with Gasteiger partial charge in [-0.15, -0.1) is 0 Å². The molecule has 0 amide bonds. The predicted octanol–water partition coefficient (Wildman–Crippen LogP) is 5.61. The molecule has 1 N–H and O–H groups in total. The zero-order valence-electron chi connectivity index (χ0n) is 17.4. The number of hydrogen-bond donors (Lipinski definition) is 1. The van der Waals surface area contributed by atoms with Crippen LogP contribution in [0.1, 0.15) is 71.8 Å². The van der Waals surface area contributed by atoms with Gasteiger partial charge < -0.3 is 14.6 Å². The normalized spacial score (nSPS) is 12.5. The molecular formula is C23H40O3. The van der Waals surface area contributed by atoms with Crippen molar-refractivity contribution in [3.8, 4) is 0 Å². The highest BCUT2D eigenvalue weighted by Crippen LogP contribution is 2.24. The fraction of sp³-hybridized carbons (Fsp3) is 0.739. The molecular weight excluding hydrogens is 324 g/mol. The molecule has 1 aromatic rings. The van der Waals surface area contributed by atoms with Crippen LogP contribution in [0.4, 0.5) is 0 Å². The fourth-order valence-corrected chi connectivity index (χ4v) is 2.89. The molecule has 150 valence electrons. The lowest BCUT2D eigenvalue weighted by Gasteiger charge is -2.24. The maximum Gasteiger partial charge on any atom is 0.0717 e. The molecule has 0 saturated carbocycles. The first-order valence-corrected chi connectivity index (χ1v) is 10.1. The van der Waals surface area contributed by atoms with Gasteiger partial charge in [0.1, 0.15) is 0 Å². The van der Waals surface area contributed by atoms with Crippen LogP contribution in [0.15, 0.2) is 30.3 Å². The Morgan fingerprint density at radius 3 is 1.92 bits per heavy atom. The highest BCUT2D eigenvalue weighted by molar-refractivity contribution is 5.13. The van der Waals surface area contributed by atoms with Crippen LogP contribution >= 0.6 is 0 Å². The monoisotopic (exact) mass is 364 g/mol. The topological polar surface area (TPSA) is 38.7 Å². The summed E-state index contributed by atoms with van der Waals surface area (Å²) in [5.74, 6) is 0. The Bertz CT molecular complexity index is 454. The van der Waals surface area contributed by atoms with Gasteiger partial charge in [-0.05, 0) is 42.1 Å². The summed E-state index contributed by atoms with van der Waals surface area (Å²) in [5, 5.41) is 9.23. The molecule has 0 aromatic heterocycles. The van der Waals surface area contributed by atoms with E-state index >= 15 is 0 Å². The number of aliphatic hydroxyl groups is 1. The number of unbranched alkanes of at least 4 members (excludes halogenated alkanes) is 2. The second-order valence-corrected chi connectivity index (χ2v) is 8.99. The first-order chi connectivity index (χ1) is 12.3. The van der Waals surface area contributed by atoms with E-state index in [0.717, 1.165) is 51.9 Å². The van der Waals surface area contributed by atoms with Gasteiger partial charge in [-0.3, -0.25) is 0 Å². The van der Waals surface area contributed by atoms with Crippen LogP contribution in [0.3, 0.4) is 0 Å². The first kappa shape index (κ1) is 23.1. The Hall–Kier alpha value is -0.900. The highest BCUT2D eigenvalue weighted by Gasteiger charge is 2.18. The molecule has 0 atom stereocenters. The van der Waals surface area contributed by atoms with Crippen LogP contribution in [0.5, 0.6) is 0 Å². The summed E-state index contributed by atoms with van der Waals surface area (Å²) in [5.41, 5.74) is 1.50. The molecule has 0 heterocycles. The van der Waals surface area contributed by atoms with Crippen molar-refractivity contribution >= 4 is 0 Å². The Morgan fingerprint density at radius 2 is 1.35 bits per heavy atom. The maximum atomic E-state index is 9.23. The molecule has 3 nitrogen and oxygen atoms in total. The van der Waals surface area contributed by atoms with Gasteiger partial charge in [0.2, 0.25) is 0 Å². The van der Waals surface area contributed by atoms with E-state index in [1.165, 1.54) is 12.0 Å². The molecule has 0 spiro atoms. The van der Waals surface area contributed by atoms with Crippen molar-refractivity contribution < 1.29 is 14.6 Å². The van der Waals surface area contributed by atoms with Gasteiger partial charge in [0, 0.05) is 19.8 Å². The van der Waals surface area contributed by atoms with Crippen molar-refractivity contribution in [3.63, 3.8) is 0 Å². The van der Waals surface area contributed by atoms with Crippen molar-refractivity contribution in [2.24, 2.45) is 10.8 Å². The summed E-state index contributed by atoms with van der Waals surface area (Å²) in [4.78, 5) is 0. The Balaban J connectivity index is 1.97. The average Bonchev–Trinajstić information content (AvgIpc) is 2.61. The van der Waals surface area contributed by atoms with Crippen LogP contribution < -0.4 is 0 Å². The van der Waals surface area contributed by atoms with Gasteiger partial charge >= 0.3 is 0 Å². The van der Waals surface area contributed by atoms with Crippen molar-refractivity contribution in [2.45, 2.75) is 72.8 Å². The van der Waals surface area contributed by atoms with Crippen LogP contribution in [0.25, 0.3) is 0 Å². The zero-order valence-corrected chi connectivity index (χ0v) is 17.4. The number of aliphatic hydroxyl groups excluding tert-OH is 1. The summed E-state index contributed by atoms with van der Waals surface area (Å²) in [6.07, 6.45) is 6.73. The van der Waals surface area contributed by atoms with E-state index < -0.39 is 0 Å². The quantitative estimate of drug-likeness (QED) is 0.411. The van der Waals surface area contributed by atoms with Gasteiger partial charge in [-0.1, -0.05) is 70.9 Å². The van der Waals surface area contributed by atoms with Gasteiger partial charge in [-0.25, -0.2) is 0 Å². The third-order valence-corrected chi connectivity index (χ3v) is 4.82. The first-order valence-electron chi connectivity index (χ1n) is 10.1. The van der Waals surface area contributed by atoms with Gasteiger partial charge in [-0.2, -0.15) is 0 Å². The summed E-state index contributed by atoms with van der Waals surface area (Å²) in [6.45, 7) is 12.2. The van der Waals surface area contributed by atoms with Gasteiger partial charge in [0.25, 0.3) is 0 Å². The largest absolute Gasteiger partial charge is 0.396 e. The number of hydrogen-bond acceptors (Lipinski definition) is 3. The van der Waals surface area contributed by atoms with E-state index in [0.29, 0.717) is 6.61 Å². The summed E-state index contributed by atoms with van der Waals surface area (Å²) in [6, 6.07) is 10.4. The smallest absolute Gasteiger partial charge is 0.0717 e. The zero-order chi connectivity index (χ0) is 19.3. The van der Waals surface area contributed by atoms with E-state index in [-0.39, 0.29) is 17.4 Å². The lowest BCUT2D eigenvalue weighted by Crippen LogP contribution is -2.19. The Morgan fingerprint density at radius 1 is 0.769 bits per heavy atom. The average molecular weight is 365 g/mol. The number of benzene rings is 1. The fourth-order valence-electron chi connectivity index (χ4n) is 2.89. The van der Waals surface area contributed by atoms with E-state index in [1.54, 1.807) is 0 Å². The van der Waals surface area contributed by atoms with Crippen molar-refractivity contribution in [1.82, 2.24) is 0 Å². The van der Waals surface area contributed by atoms with Gasteiger partial charge in [0.15, 0.2) is 0 Å². The second kappa shape index (κ2) is 12.5. The molecule has 1 aromatic carbocycles. The van der Waals surface area contributed by atoms with Crippen LogP contribution in [0.2, 0.25) is 0 Å². The molecule has 0 aliphatic rings. The van der Waals surface area contributed by atoms with E-state index in [4.69, 9.17) is 9.47 Å². The SMILES string of the molecule is CC(C)(CO)CCCCOCCCCC(C)(C)COCc1ccccc1. The van der Waals surface area contributed by atoms with Crippen LogP contribution in [-0.2, 0) is 16.1 Å². The minimum atomic E-state index is 0.0498. The number of ether oxygens (including phenoxy) is 2. The van der Waals surface area contributed by atoms with Crippen molar-refractivity contribution in [2.75, 3.05) is 26.4 Å². The minimum Gasteiger partial charge on any atom is -0.396 e. The third-order valence-electron chi connectivity index (χ3n) is 4.82. The van der Waals surface area contributed by atoms with Crippen LogP contribution in [0, 0.1) is 10.8 Å². The Labute approximate surface area is 161 Å². The van der Waals surface area contributed by atoms with E-state index in [9.17, 15) is 5.11 Å². The van der Waals surface area contributed by atoms with Gasteiger partial charge in [0.05, 0.1) is 13.2 Å². The predicted molar refractivity (Wildman–Crippen MR) is 109 cm³/mol. The van der Waals surface area contributed by atoms with E-state index in [2.05, 4.69) is 52.0 Å². The lowest BCUT2D eigenvalue weighted by molar-refractivity contribution is 0.0439. The molecule has 0 aliphatic carbocycles. The summed E-state index contributed by atoms with van der Waals surface area (Å²) >= 11 is 0. The lowest BCUT2D eigenvalue weighted by atomic mass is 9.88. The van der Waals surface area contributed by atoms with E-state index in [1.807, 2.05) is 6.07 Å². The van der Waals surface area contributed by atoms with Crippen molar-refractivity contribution in [3.05, 3.63) is 35.9 Å². The molecule has 3 heteroatoms. The molecule has 0 aliphatic heterocycles. The van der Waals surface area contributed by atoms with Crippen molar-refractivity contribution in [1.29, 1.82) is 0 Å². The molecule has 1 rings (SSSR count).